The summed E-state index contributed by atoms with van der Waals surface area (Å²) in [6.45, 7) is 12.5. The molecular formula is C28H39N3O4. The largest absolute Gasteiger partial charge is 0.497 e. The number of aliphatic hydroxyl groups excluding tert-OH is 1. The molecule has 2 aromatic carbocycles. The molecule has 35 heavy (non-hydrogen) atoms. The van der Waals surface area contributed by atoms with E-state index in [0.717, 1.165) is 28.4 Å². The smallest absolute Gasteiger partial charge is 0.227 e. The molecule has 1 aromatic heterocycles. The molecule has 3 aromatic rings. The van der Waals surface area contributed by atoms with E-state index in [2.05, 4.69) is 32.6 Å². The number of methoxy groups -OCH3 is 1. The van der Waals surface area contributed by atoms with Crippen LogP contribution in [-0.4, -0.2) is 58.8 Å². The van der Waals surface area contributed by atoms with E-state index in [-0.39, 0.29) is 12.0 Å². The molecule has 1 unspecified atom stereocenters. The zero-order valence-electron chi connectivity index (χ0n) is 21.8. The number of para-hydroxylation sites is 1. The Bertz CT molecular complexity index is 1030. The minimum Gasteiger partial charge on any atom is -0.497 e. The average Bonchev–Trinajstić information content (AvgIpc) is 3.21. The fraction of sp³-hybridized carbons (Fsp3) is 0.464. The highest BCUT2D eigenvalue weighted by Gasteiger charge is 2.26. The van der Waals surface area contributed by atoms with Gasteiger partial charge in [-0.05, 0) is 63.1 Å². The van der Waals surface area contributed by atoms with Gasteiger partial charge in [0.2, 0.25) is 5.88 Å². The van der Waals surface area contributed by atoms with Crippen LogP contribution in [0.15, 0.2) is 54.6 Å². The summed E-state index contributed by atoms with van der Waals surface area (Å²) in [5.74, 6) is 2.39. The van der Waals surface area contributed by atoms with Crippen LogP contribution in [0, 0.1) is 0 Å². The molecule has 0 amide bonds. The van der Waals surface area contributed by atoms with E-state index < -0.39 is 6.10 Å². The molecule has 0 aliphatic carbocycles. The molecule has 7 heteroatoms. The van der Waals surface area contributed by atoms with Crippen molar-refractivity contribution in [2.75, 3.05) is 26.9 Å². The van der Waals surface area contributed by atoms with E-state index in [4.69, 9.17) is 19.3 Å². The molecule has 0 radical (unpaired) electrons. The van der Waals surface area contributed by atoms with E-state index in [1.54, 1.807) is 7.11 Å². The lowest BCUT2D eigenvalue weighted by molar-refractivity contribution is 0.0131. The highest BCUT2D eigenvalue weighted by atomic mass is 16.5. The van der Waals surface area contributed by atoms with Crippen molar-refractivity contribution in [3.05, 3.63) is 65.9 Å². The van der Waals surface area contributed by atoms with Crippen molar-refractivity contribution in [3.63, 3.8) is 0 Å². The molecule has 1 N–H and O–H groups in total. The molecule has 0 saturated heterocycles. The second kappa shape index (κ2) is 12.7. The number of nitrogens with zero attached hydrogens (tertiary/aromatic N) is 3. The summed E-state index contributed by atoms with van der Waals surface area (Å²) >= 11 is 0. The predicted molar refractivity (Wildman–Crippen MR) is 139 cm³/mol. The van der Waals surface area contributed by atoms with Crippen LogP contribution in [0.3, 0.4) is 0 Å². The zero-order chi connectivity index (χ0) is 25.4. The van der Waals surface area contributed by atoms with Crippen LogP contribution in [-0.2, 0) is 11.3 Å². The quantitative estimate of drug-likeness (QED) is 0.352. The Balaban J connectivity index is 2.06. The van der Waals surface area contributed by atoms with E-state index in [9.17, 15) is 5.11 Å². The van der Waals surface area contributed by atoms with Gasteiger partial charge < -0.3 is 19.3 Å². The third kappa shape index (κ3) is 7.07. The number of aliphatic hydroxyl groups is 1. The first-order chi connectivity index (χ1) is 16.8. The second-order valence-corrected chi connectivity index (χ2v) is 9.19. The molecule has 0 saturated carbocycles. The van der Waals surface area contributed by atoms with E-state index in [1.807, 2.05) is 66.2 Å². The van der Waals surface area contributed by atoms with Gasteiger partial charge in [0, 0.05) is 25.7 Å². The Kier molecular flexibility index (Phi) is 9.72. The zero-order valence-corrected chi connectivity index (χ0v) is 21.8. The lowest BCUT2D eigenvalue weighted by atomic mass is 10.0. The molecule has 1 heterocycles. The lowest BCUT2D eigenvalue weighted by Gasteiger charge is -2.29. The fourth-order valence-electron chi connectivity index (χ4n) is 3.91. The number of ether oxygens (including phenoxy) is 3. The van der Waals surface area contributed by atoms with Crippen LogP contribution in [0.25, 0.3) is 5.69 Å². The van der Waals surface area contributed by atoms with Crippen LogP contribution in [0.1, 0.15) is 51.8 Å². The van der Waals surface area contributed by atoms with Crippen LogP contribution in [0.2, 0.25) is 0 Å². The first kappa shape index (κ1) is 26.7. The van der Waals surface area contributed by atoms with Crippen molar-refractivity contribution in [1.82, 2.24) is 14.7 Å². The van der Waals surface area contributed by atoms with Crippen molar-refractivity contribution < 1.29 is 19.3 Å². The number of aromatic nitrogens is 2. The summed E-state index contributed by atoms with van der Waals surface area (Å²) in [4.78, 5) is 2.24. The van der Waals surface area contributed by atoms with Crippen LogP contribution in [0.5, 0.6) is 17.4 Å². The van der Waals surface area contributed by atoms with E-state index >= 15 is 0 Å². The monoisotopic (exact) mass is 481 g/mol. The topological polar surface area (TPSA) is 69.0 Å². The molecule has 7 nitrogen and oxygen atoms in total. The average molecular weight is 482 g/mol. The van der Waals surface area contributed by atoms with Gasteiger partial charge in [-0.25, -0.2) is 4.68 Å². The maximum Gasteiger partial charge on any atom is 0.227 e. The number of rotatable bonds is 13. The number of hydrogen-bond acceptors (Lipinski definition) is 6. The van der Waals surface area contributed by atoms with Gasteiger partial charge in [-0.1, -0.05) is 32.0 Å². The maximum atomic E-state index is 10.6. The summed E-state index contributed by atoms with van der Waals surface area (Å²) in [6.07, 6.45) is -0.574. The molecule has 0 aliphatic heterocycles. The summed E-state index contributed by atoms with van der Waals surface area (Å²) in [5, 5.41) is 15.6. The van der Waals surface area contributed by atoms with Gasteiger partial charge in [0.15, 0.2) is 0 Å². The van der Waals surface area contributed by atoms with Gasteiger partial charge in [0.25, 0.3) is 0 Å². The third-order valence-electron chi connectivity index (χ3n) is 5.84. The molecule has 0 bridgehead atoms. The highest BCUT2D eigenvalue weighted by Crippen LogP contribution is 2.35. The van der Waals surface area contributed by atoms with E-state index in [1.165, 1.54) is 0 Å². The molecular weight excluding hydrogens is 442 g/mol. The number of benzene rings is 2. The summed E-state index contributed by atoms with van der Waals surface area (Å²) < 4.78 is 19.1. The Morgan fingerprint density at radius 1 is 0.971 bits per heavy atom. The van der Waals surface area contributed by atoms with Crippen LogP contribution < -0.4 is 9.47 Å². The van der Waals surface area contributed by atoms with Gasteiger partial charge in [0.1, 0.15) is 11.5 Å². The maximum absolute atomic E-state index is 10.6. The van der Waals surface area contributed by atoms with Gasteiger partial charge in [-0.2, -0.15) is 5.10 Å². The van der Waals surface area contributed by atoms with Gasteiger partial charge in [0.05, 0.1) is 36.8 Å². The minimum atomic E-state index is -0.574. The third-order valence-corrected chi connectivity index (χ3v) is 5.84. The molecule has 0 spiro atoms. The van der Waals surface area contributed by atoms with Crippen molar-refractivity contribution in [2.45, 2.75) is 59.2 Å². The Morgan fingerprint density at radius 2 is 1.66 bits per heavy atom. The Labute approximate surface area is 209 Å². The van der Waals surface area contributed by atoms with Crippen molar-refractivity contribution >= 4 is 0 Å². The molecule has 0 fully saturated rings. The summed E-state index contributed by atoms with van der Waals surface area (Å²) in [6, 6.07) is 17.8. The SMILES string of the molecule is CCOCC(O)CN(Cc1c(C(C)C)nn(-c2ccc(OC)cc2)c1Oc1ccccc1)C(C)C. The fourth-order valence-corrected chi connectivity index (χ4v) is 3.91. The van der Waals surface area contributed by atoms with Crippen molar-refractivity contribution in [1.29, 1.82) is 0 Å². The molecule has 3 rings (SSSR count). The van der Waals surface area contributed by atoms with Gasteiger partial charge in [-0.15, -0.1) is 0 Å². The van der Waals surface area contributed by atoms with Crippen LogP contribution >= 0.6 is 0 Å². The molecule has 0 aliphatic rings. The van der Waals surface area contributed by atoms with Crippen LogP contribution in [0.4, 0.5) is 0 Å². The number of hydrogen-bond donors (Lipinski definition) is 1. The standard InChI is InChI=1S/C28H39N3O4/c1-7-34-19-23(32)17-30(21(4)5)18-26-27(20(2)3)29-31(22-13-15-24(33-6)16-14-22)28(26)35-25-11-9-8-10-12-25/h8-16,20-21,23,32H,7,17-19H2,1-6H3. The minimum absolute atomic E-state index is 0.185. The Hall–Kier alpha value is -2.87. The van der Waals surface area contributed by atoms with Crippen molar-refractivity contribution in [2.24, 2.45) is 0 Å². The normalized spacial score (nSPS) is 12.5. The van der Waals surface area contributed by atoms with Gasteiger partial charge in [-0.3, -0.25) is 4.90 Å². The predicted octanol–water partition coefficient (Wildman–Crippen LogP) is 5.40. The molecule has 190 valence electrons. The summed E-state index contributed by atoms with van der Waals surface area (Å²) in [5.41, 5.74) is 2.87. The Morgan fingerprint density at radius 3 is 2.23 bits per heavy atom. The second-order valence-electron chi connectivity index (χ2n) is 9.19. The highest BCUT2D eigenvalue weighted by molar-refractivity contribution is 5.46. The molecule has 1 atom stereocenters. The van der Waals surface area contributed by atoms with E-state index in [0.29, 0.717) is 32.2 Å². The first-order valence-corrected chi connectivity index (χ1v) is 12.3. The summed E-state index contributed by atoms with van der Waals surface area (Å²) in [7, 11) is 1.66. The lowest BCUT2D eigenvalue weighted by Crippen LogP contribution is -2.39. The van der Waals surface area contributed by atoms with Crippen molar-refractivity contribution in [3.8, 4) is 23.1 Å². The first-order valence-electron chi connectivity index (χ1n) is 12.3. The van der Waals surface area contributed by atoms with Gasteiger partial charge >= 0.3 is 0 Å².